The number of halogens is 1. The molecule has 0 spiro atoms. The first-order valence-corrected chi connectivity index (χ1v) is 4.97. The van der Waals surface area contributed by atoms with Gasteiger partial charge < -0.3 is 0 Å². The van der Waals surface area contributed by atoms with Crippen molar-refractivity contribution in [2.24, 2.45) is 4.99 Å². The van der Waals surface area contributed by atoms with Crippen LogP contribution in [0.5, 0.6) is 0 Å². The molecule has 0 fully saturated rings. The Morgan fingerprint density at radius 2 is 2.20 bits per heavy atom. The first-order valence-electron chi connectivity index (χ1n) is 4.97. The van der Waals surface area contributed by atoms with E-state index in [4.69, 9.17) is 0 Å². The van der Waals surface area contributed by atoms with Gasteiger partial charge in [0, 0.05) is 13.3 Å². The minimum atomic E-state index is -0.439. The van der Waals surface area contributed by atoms with Crippen LogP contribution < -0.4 is 0 Å². The highest BCUT2D eigenvalue weighted by atomic mass is 19.1. The van der Waals surface area contributed by atoms with Crippen LogP contribution in [0.25, 0.3) is 5.57 Å². The van der Waals surface area contributed by atoms with Crippen molar-refractivity contribution in [1.82, 2.24) is 0 Å². The van der Waals surface area contributed by atoms with Gasteiger partial charge in [-0.25, -0.2) is 4.39 Å². The summed E-state index contributed by atoms with van der Waals surface area (Å²) in [6.45, 7) is 3.46. The van der Waals surface area contributed by atoms with Crippen LogP contribution in [-0.4, -0.2) is 13.3 Å². The van der Waals surface area contributed by atoms with E-state index in [-0.39, 0.29) is 0 Å². The van der Waals surface area contributed by atoms with Gasteiger partial charge in [-0.15, -0.1) is 0 Å². The summed E-state index contributed by atoms with van der Waals surface area (Å²) in [7, 11) is 1.72. The summed E-state index contributed by atoms with van der Waals surface area (Å²) in [6, 6.07) is 5.81. The predicted molar refractivity (Wildman–Crippen MR) is 64.1 cm³/mol. The third-order valence-electron chi connectivity index (χ3n) is 2.29. The second-order valence-corrected chi connectivity index (χ2v) is 3.43. The lowest BCUT2D eigenvalue weighted by atomic mass is 9.99. The summed E-state index contributed by atoms with van der Waals surface area (Å²) >= 11 is 0. The monoisotopic (exact) mass is 205 g/mol. The van der Waals surface area contributed by atoms with Gasteiger partial charge in [0.1, 0.15) is 6.67 Å². The van der Waals surface area contributed by atoms with E-state index in [1.54, 1.807) is 13.3 Å². The average molecular weight is 205 g/mol. The van der Waals surface area contributed by atoms with Crippen molar-refractivity contribution in [3.63, 3.8) is 0 Å². The van der Waals surface area contributed by atoms with Gasteiger partial charge >= 0.3 is 0 Å². The second-order valence-electron chi connectivity index (χ2n) is 3.43. The summed E-state index contributed by atoms with van der Waals surface area (Å²) in [6.07, 6.45) is 3.70. The van der Waals surface area contributed by atoms with Crippen molar-refractivity contribution in [3.05, 3.63) is 41.0 Å². The van der Waals surface area contributed by atoms with E-state index in [0.717, 1.165) is 22.3 Å². The first kappa shape index (κ1) is 11.6. The van der Waals surface area contributed by atoms with E-state index in [2.05, 4.69) is 4.99 Å². The van der Waals surface area contributed by atoms with Gasteiger partial charge in [-0.05, 0) is 30.5 Å². The summed E-state index contributed by atoms with van der Waals surface area (Å²) in [5, 5.41) is 0. The van der Waals surface area contributed by atoms with E-state index in [9.17, 15) is 4.39 Å². The number of benzene rings is 1. The molecule has 0 N–H and O–H groups in total. The zero-order valence-electron chi connectivity index (χ0n) is 9.42. The van der Waals surface area contributed by atoms with Crippen molar-refractivity contribution in [1.29, 1.82) is 0 Å². The van der Waals surface area contributed by atoms with Gasteiger partial charge in [0.2, 0.25) is 0 Å². The Labute approximate surface area is 90.4 Å². The molecule has 0 atom stereocenters. The average Bonchev–Trinajstić information content (AvgIpc) is 2.26. The van der Waals surface area contributed by atoms with Crippen LogP contribution in [0.15, 0.2) is 29.3 Å². The maximum Gasteiger partial charge on any atom is 0.115 e. The maximum atomic E-state index is 12.8. The van der Waals surface area contributed by atoms with Gasteiger partial charge in [0.25, 0.3) is 0 Å². The van der Waals surface area contributed by atoms with Gasteiger partial charge in [-0.1, -0.05) is 29.8 Å². The molecule has 0 radical (unpaired) electrons. The fourth-order valence-corrected chi connectivity index (χ4v) is 1.55. The lowest BCUT2D eigenvalue weighted by Gasteiger charge is -2.08. The third-order valence-corrected chi connectivity index (χ3v) is 2.29. The fraction of sp³-hybridized carbons (Fsp3) is 0.308. The highest BCUT2D eigenvalue weighted by Gasteiger charge is 2.05. The molecule has 0 heterocycles. The standard InChI is InChI=1S/C13H16FN/c1-4-11(9-15-3)13-6-5-10(2)7-12(13)8-14/h4-7,9H,8H2,1-3H3/b11-4+,15-9-. The molecule has 15 heavy (non-hydrogen) atoms. The number of aliphatic imine (C=N–C) groups is 1. The van der Waals surface area contributed by atoms with Crippen molar-refractivity contribution >= 4 is 11.8 Å². The Balaban J connectivity index is 3.23. The van der Waals surface area contributed by atoms with Gasteiger partial charge in [0.15, 0.2) is 0 Å². The molecule has 1 aromatic rings. The zero-order valence-corrected chi connectivity index (χ0v) is 9.42. The molecule has 0 bridgehead atoms. The number of nitrogens with zero attached hydrogens (tertiary/aromatic N) is 1. The summed E-state index contributed by atoms with van der Waals surface area (Å²) in [5.41, 5.74) is 3.69. The second kappa shape index (κ2) is 5.44. The summed E-state index contributed by atoms with van der Waals surface area (Å²) in [4.78, 5) is 3.97. The van der Waals surface area contributed by atoms with Crippen LogP contribution in [0.3, 0.4) is 0 Å². The Bertz CT molecular complexity index is 392. The SMILES string of the molecule is C/C=C(\C=N/C)c1ccc(C)cc1CF. The maximum absolute atomic E-state index is 12.8. The van der Waals surface area contributed by atoms with E-state index in [1.807, 2.05) is 38.1 Å². The Kier molecular flexibility index (Phi) is 4.22. The van der Waals surface area contributed by atoms with Crippen molar-refractivity contribution < 1.29 is 4.39 Å². The molecule has 1 nitrogen and oxygen atoms in total. The number of hydrogen-bond donors (Lipinski definition) is 0. The lowest BCUT2D eigenvalue weighted by molar-refractivity contribution is 0.484. The number of hydrogen-bond acceptors (Lipinski definition) is 1. The number of allylic oxidation sites excluding steroid dienone is 2. The van der Waals surface area contributed by atoms with Crippen LogP contribution >= 0.6 is 0 Å². The molecule has 1 rings (SSSR count). The lowest BCUT2D eigenvalue weighted by Crippen LogP contribution is -1.93. The Morgan fingerprint density at radius 3 is 2.73 bits per heavy atom. The van der Waals surface area contributed by atoms with E-state index in [0.29, 0.717) is 0 Å². The molecular weight excluding hydrogens is 189 g/mol. The van der Waals surface area contributed by atoms with Crippen molar-refractivity contribution in [3.8, 4) is 0 Å². The van der Waals surface area contributed by atoms with Crippen molar-refractivity contribution in [2.45, 2.75) is 20.5 Å². The minimum absolute atomic E-state index is 0.439. The Morgan fingerprint density at radius 1 is 1.47 bits per heavy atom. The highest BCUT2D eigenvalue weighted by Crippen LogP contribution is 2.20. The number of aryl methyl sites for hydroxylation is 1. The van der Waals surface area contributed by atoms with Crippen LogP contribution in [0.1, 0.15) is 23.6 Å². The van der Waals surface area contributed by atoms with Crippen LogP contribution in [0.2, 0.25) is 0 Å². The number of rotatable bonds is 3. The van der Waals surface area contributed by atoms with E-state index >= 15 is 0 Å². The molecule has 0 aliphatic carbocycles. The number of alkyl halides is 1. The molecule has 0 unspecified atom stereocenters. The third kappa shape index (κ3) is 2.75. The predicted octanol–water partition coefficient (Wildman–Crippen LogP) is 3.57. The molecule has 0 aliphatic heterocycles. The topological polar surface area (TPSA) is 12.4 Å². The van der Waals surface area contributed by atoms with Gasteiger partial charge in [-0.3, -0.25) is 4.99 Å². The smallest absolute Gasteiger partial charge is 0.115 e. The normalized spacial score (nSPS) is 12.4. The van der Waals surface area contributed by atoms with Crippen LogP contribution in [0, 0.1) is 6.92 Å². The molecule has 0 saturated heterocycles. The summed E-state index contributed by atoms with van der Waals surface area (Å²) < 4.78 is 12.8. The minimum Gasteiger partial charge on any atom is -0.296 e. The Hall–Kier alpha value is -1.44. The van der Waals surface area contributed by atoms with Crippen LogP contribution in [0.4, 0.5) is 4.39 Å². The molecule has 1 aromatic carbocycles. The fourth-order valence-electron chi connectivity index (χ4n) is 1.55. The quantitative estimate of drug-likeness (QED) is 0.669. The van der Waals surface area contributed by atoms with E-state index < -0.39 is 6.67 Å². The van der Waals surface area contributed by atoms with Crippen LogP contribution in [-0.2, 0) is 6.67 Å². The molecular formula is C13H16FN. The largest absolute Gasteiger partial charge is 0.296 e. The van der Waals surface area contributed by atoms with Crippen molar-refractivity contribution in [2.75, 3.05) is 7.05 Å². The molecule has 2 heteroatoms. The molecule has 0 amide bonds. The molecule has 80 valence electrons. The van der Waals surface area contributed by atoms with Gasteiger partial charge in [-0.2, -0.15) is 0 Å². The van der Waals surface area contributed by atoms with Gasteiger partial charge in [0.05, 0.1) is 0 Å². The van der Waals surface area contributed by atoms with E-state index in [1.165, 1.54) is 0 Å². The molecule has 0 aromatic heterocycles. The highest BCUT2D eigenvalue weighted by molar-refractivity contribution is 6.10. The molecule has 0 aliphatic rings. The zero-order chi connectivity index (χ0) is 11.3. The first-order chi connectivity index (χ1) is 7.22. The summed E-state index contributed by atoms with van der Waals surface area (Å²) in [5.74, 6) is 0. The molecule has 0 saturated carbocycles.